The largest absolute Gasteiger partial charge is 0.512 e. The first-order chi connectivity index (χ1) is 58.9. The molecule has 635 valence electrons. The number of hydrogen-bond acceptors (Lipinski definition) is 9. The van der Waals surface area contributed by atoms with E-state index in [1.54, 1.807) is 30.3 Å². The first-order valence-corrected chi connectivity index (χ1v) is 38.9. The van der Waals surface area contributed by atoms with Crippen LogP contribution in [0.5, 0.6) is 0 Å². The van der Waals surface area contributed by atoms with Crippen LogP contribution in [0.25, 0.3) is 149 Å². The summed E-state index contributed by atoms with van der Waals surface area (Å²) in [5, 5.41) is 26.1. The Labute approximate surface area is 797 Å². The molecule has 0 spiro atoms. The van der Waals surface area contributed by atoms with E-state index in [9.17, 15) is 18.4 Å². The first kappa shape index (κ1) is 97.3. The summed E-state index contributed by atoms with van der Waals surface area (Å²) < 4.78 is 31.1. The summed E-state index contributed by atoms with van der Waals surface area (Å²) >= 11 is 0. The number of aryl methyl sites for hydroxylation is 5. The van der Waals surface area contributed by atoms with Gasteiger partial charge in [0.2, 0.25) is 0 Å². The van der Waals surface area contributed by atoms with E-state index in [0.29, 0.717) is 5.69 Å². The van der Waals surface area contributed by atoms with Crippen molar-refractivity contribution in [1.29, 1.82) is 0 Å². The number of fused-ring (bicyclic) bond motifs is 14. The van der Waals surface area contributed by atoms with Crippen LogP contribution < -0.4 is 0 Å². The van der Waals surface area contributed by atoms with Crippen molar-refractivity contribution in [3.63, 3.8) is 0 Å². The Balaban J connectivity index is 0.000000170. The minimum atomic E-state index is -0.990. The summed E-state index contributed by atoms with van der Waals surface area (Å²) in [7, 11) is 0. The number of benzene rings is 12. The van der Waals surface area contributed by atoms with Crippen molar-refractivity contribution in [2.45, 2.75) is 48.5 Å². The minimum Gasteiger partial charge on any atom is -0.512 e. The maximum Gasteiger partial charge on any atom is 0.354 e. The average molecular weight is 2540 g/mol. The van der Waals surface area contributed by atoms with Gasteiger partial charge in [0.1, 0.15) is 5.69 Å². The predicted molar refractivity (Wildman–Crippen MR) is 483 cm³/mol. The summed E-state index contributed by atoms with van der Waals surface area (Å²) in [5.74, 6) is -2.89. The standard InChI is InChI=1S/C24H19N2.2C22H16N.C15H9N2.C12H5F2N2.C6H5NO2.C5H8O2.5Ir/c1-15-11-12-21-20(13-15)18-9-4-5-10-19(18)24-25-14-22(26(21)24)23-16(2)7-6-8-17(23)3;2*1-16-14-19-10-5-6-13-21(19)23-22(16)20-12-7-11-18(15-20)17-8-3-2-4-9-17;1-2-7-13-11(5-1)12-6-3-4-8-14(12)17-10-9-16-15(13)17;1-15-12-9(13)6-5-8(11(12)14)10-4-2-3-7-16-10;8-6(9)5-3-1-2-4-7-5;1-4(6)3-5(2)7;;;;;/h4-9,11-14H,1-3H3;2*2-11,13-15H,1H3;1-6,8-10H;2-4,6-7H;1-4H,(H,8,9);3,6H,1-2H3;;;;;/q5*-1;;;;;;;. The molecule has 20 rings (SSSR count). The topological polar surface area (TPSA) is 165 Å². The van der Waals surface area contributed by atoms with Crippen molar-refractivity contribution in [1.82, 2.24) is 38.7 Å². The van der Waals surface area contributed by atoms with Crippen LogP contribution in [0.1, 0.15) is 52.2 Å². The second-order valence-corrected chi connectivity index (χ2v) is 28.5. The molecule has 0 aliphatic carbocycles. The number of para-hydroxylation sites is 3. The molecule has 20 heteroatoms. The molecule has 8 aromatic heterocycles. The number of aliphatic hydroxyl groups is 1. The van der Waals surface area contributed by atoms with Crippen LogP contribution >= 0.6 is 0 Å². The van der Waals surface area contributed by atoms with E-state index in [2.05, 4.69) is 282 Å². The molecular formula is C106H78F2Ir5N9O4-5. The quantitative estimate of drug-likeness (QED) is 0.0647. The number of allylic oxidation sites excluding steroid dienone is 2. The van der Waals surface area contributed by atoms with Crippen LogP contribution in [0.15, 0.2) is 340 Å². The Morgan fingerprint density at radius 2 is 0.976 bits per heavy atom. The van der Waals surface area contributed by atoms with Crippen molar-refractivity contribution in [3.05, 3.63) is 427 Å². The number of pyridine rings is 6. The van der Waals surface area contributed by atoms with Gasteiger partial charge in [0, 0.05) is 166 Å². The Kier molecular flexibility index (Phi) is 35.4. The number of carboxylic acid groups (broad SMARTS) is 1. The molecule has 8 heterocycles. The SMILES string of the molecule is CC(=O)C=C(C)O.Cc1cc2ccccc2nc1-c1[c-]ccc(-c2ccccc2)c1.Cc1cc2ccccc2nc1-c1[c-]ccc(-c2ccccc2)c1.Cc1ccc2c(c1)c1ccc[c-]c1c1ncc(-c3c(C)cccc3C)n21.O=C(O)c1ccccn1.[C-]#[N+]c1c(F)c[c-]c(-c2ccccn2)c1F.[Ir].[Ir].[Ir].[Ir].[Ir].[c-]1cccc2c1c1nccn1c1ccccc21. The van der Waals surface area contributed by atoms with Crippen molar-refractivity contribution in [3.8, 4) is 67.3 Å². The molecule has 126 heavy (non-hydrogen) atoms. The fourth-order valence-corrected chi connectivity index (χ4v) is 14.4. The first-order valence-electron chi connectivity index (χ1n) is 38.9. The number of hydrogen-bond donors (Lipinski definition) is 2. The van der Waals surface area contributed by atoms with Crippen LogP contribution in [0.2, 0.25) is 0 Å². The molecule has 12 aromatic carbocycles. The van der Waals surface area contributed by atoms with E-state index in [-0.39, 0.29) is 123 Å². The Hall–Kier alpha value is -12.5. The van der Waals surface area contributed by atoms with Gasteiger partial charge in [-0.3, -0.25) is 38.4 Å². The van der Waals surface area contributed by atoms with Gasteiger partial charge in [-0.2, -0.15) is 0 Å². The third kappa shape index (κ3) is 22.9. The van der Waals surface area contributed by atoms with Gasteiger partial charge in [-0.1, -0.05) is 203 Å². The van der Waals surface area contributed by atoms with E-state index < -0.39 is 23.3 Å². The molecule has 0 atom stereocenters. The Bertz CT molecular complexity index is 7000. The predicted octanol–water partition coefficient (Wildman–Crippen LogP) is 26.0. The molecule has 13 nitrogen and oxygen atoms in total. The van der Waals surface area contributed by atoms with Gasteiger partial charge < -0.3 is 24.0 Å². The average Bonchev–Trinajstić information content (AvgIpc) is 1.55. The van der Waals surface area contributed by atoms with E-state index in [1.807, 2.05) is 85.3 Å². The van der Waals surface area contributed by atoms with Gasteiger partial charge in [-0.15, -0.1) is 148 Å². The molecule has 0 unspecified atom stereocenters. The number of carbonyl (C=O) groups is 2. The zero-order chi connectivity index (χ0) is 84.5. The number of carboxylic acids is 1. The molecule has 0 amide bonds. The van der Waals surface area contributed by atoms with Gasteiger partial charge in [-0.25, -0.2) is 9.78 Å². The number of imidazole rings is 2. The molecule has 2 N–H and O–H groups in total. The van der Waals surface area contributed by atoms with Gasteiger partial charge >= 0.3 is 5.97 Å². The van der Waals surface area contributed by atoms with Gasteiger partial charge in [-0.05, 0) is 152 Å². The number of aromatic nitrogens is 8. The number of halogens is 2. The number of aromatic carboxylic acids is 1. The molecule has 0 saturated carbocycles. The molecule has 0 aliphatic rings. The van der Waals surface area contributed by atoms with Crippen LogP contribution in [-0.4, -0.2) is 60.7 Å². The Morgan fingerprint density at radius 1 is 0.452 bits per heavy atom. The fourth-order valence-electron chi connectivity index (χ4n) is 14.4. The zero-order valence-electron chi connectivity index (χ0n) is 68.9. The van der Waals surface area contributed by atoms with Crippen molar-refractivity contribution in [2.24, 2.45) is 0 Å². The number of ketones is 1. The molecule has 0 aliphatic heterocycles. The summed E-state index contributed by atoms with van der Waals surface area (Å²) in [6, 6.07) is 114. The van der Waals surface area contributed by atoms with Crippen molar-refractivity contribution >= 4 is 93.9 Å². The summed E-state index contributed by atoms with van der Waals surface area (Å²) in [4.78, 5) is 49.4. The van der Waals surface area contributed by atoms with E-state index in [4.69, 9.17) is 31.7 Å². The van der Waals surface area contributed by atoms with Crippen molar-refractivity contribution < 1.29 is 129 Å². The van der Waals surface area contributed by atoms with Crippen LogP contribution in [0.4, 0.5) is 14.5 Å². The maximum absolute atomic E-state index is 13.7. The second kappa shape index (κ2) is 45.9. The molecule has 5 radical (unpaired) electrons. The normalized spacial score (nSPS) is 10.4. The third-order valence-corrected chi connectivity index (χ3v) is 19.9. The minimum absolute atomic E-state index is 0. The van der Waals surface area contributed by atoms with Crippen molar-refractivity contribution in [2.75, 3.05) is 0 Å². The third-order valence-electron chi connectivity index (χ3n) is 19.9. The molecule has 20 aromatic rings. The van der Waals surface area contributed by atoms with Gasteiger partial charge in [0.15, 0.2) is 11.5 Å². The van der Waals surface area contributed by atoms with Gasteiger partial charge in [0.25, 0.3) is 0 Å². The molecule has 0 bridgehead atoms. The number of carbonyl (C=O) groups excluding carboxylic acids is 1. The van der Waals surface area contributed by atoms with E-state index in [0.717, 1.165) is 67.4 Å². The van der Waals surface area contributed by atoms with Crippen LogP contribution in [0.3, 0.4) is 0 Å². The molecule has 0 fully saturated rings. The molecule has 0 saturated heterocycles. The number of aliphatic hydroxyl groups excluding tert-OH is 1. The molecular weight excluding hydrogens is 2460 g/mol. The summed E-state index contributed by atoms with van der Waals surface area (Å²) in [6.07, 6.45) is 9.94. The summed E-state index contributed by atoms with van der Waals surface area (Å²) in [5.41, 5.74) is 23.6. The van der Waals surface area contributed by atoms with E-state index in [1.165, 1.54) is 137 Å². The smallest absolute Gasteiger partial charge is 0.354 e. The number of rotatable bonds is 8. The Morgan fingerprint density at radius 3 is 1.50 bits per heavy atom. The summed E-state index contributed by atoms with van der Waals surface area (Å²) in [6.45, 7) is 20.2. The maximum atomic E-state index is 13.7. The second-order valence-electron chi connectivity index (χ2n) is 28.5. The zero-order valence-corrected chi connectivity index (χ0v) is 80.9. The van der Waals surface area contributed by atoms with Crippen LogP contribution in [0, 0.1) is 83.2 Å². The van der Waals surface area contributed by atoms with E-state index >= 15 is 0 Å². The number of nitrogens with zero attached hydrogens (tertiary/aromatic N) is 9. The van der Waals surface area contributed by atoms with Crippen LogP contribution in [-0.2, 0) is 105 Å². The monoisotopic (exact) mass is 2540 g/mol. The fraction of sp³-hybridized carbons (Fsp3) is 0.0660. The van der Waals surface area contributed by atoms with Gasteiger partial charge in [0.05, 0.1) is 40.4 Å².